The number of imide groups is 1. The fraction of sp³-hybridized carbons (Fsp3) is 0.438. The number of benzene rings is 1. The van der Waals surface area contributed by atoms with Crippen LogP contribution in [0, 0.1) is 23.7 Å². The number of aromatic carboxylic acids is 1. The zero-order chi connectivity index (χ0) is 17.3. The van der Waals surface area contributed by atoms with Crippen LogP contribution in [0.4, 0.5) is 5.69 Å². The Labute approximate surface area is 159 Å². The summed E-state index contributed by atoms with van der Waals surface area (Å²) in [5.41, 5.74) is 0.157. The minimum Gasteiger partial charge on any atom is -0.478 e. The maximum Gasteiger partial charge on any atom is 0.337 e. The molecule has 0 radical (unpaired) electrons. The summed E-state index contributed by atoms with van der Waals surface area (Å²) in [4.78, 5) is 38.5. The molecular formula is C16H12Br2ClNO4. The highest BCUT2D eigenvalue weighted by Gasteiger charge is 2.66. The lowest BCUT2D eigenvalue weighted by molar-refractivity contribution is -0.123. The fourth-order valence-electron chi connectivity index (χ4n) is 4.42. The number of fused-ring (bicyclic) bond motifs is 5. The Morgan fingerprint density at radius 2 is 1.67 bits per heavy atom. The highest BCUT2D eigenvalue weighted by Crippen LogP contribution is 2.60. The van der Waals surface area contributed by atoms with Crippen molar-refractivity contribution in [3.05, 3.63) is 28.8 Å². The van der Waals surface area contributed by atoms with Gasteiger partial charge < -0.3 is 5.11 Å². The zero-order valence-corrected chi connectivity index (χ0v) is 16.1. The number of halogens is 3. The Bertz CT molecular complexity index is 753. The predicted molar refractivity (Wildman–Crippen MR) is 94.9 cm³/mol. The van der Waals surface area contributed by atoms with Gasteiger partial charge in [0.25, 0.3) is 0 Å². The Kier molecular flexibility index (Phi) is 3.82. The predicted octanol–water partition coefficient (Wildman–Crippen LogP) is 3.32. The number of nitrogens with zero attached hydrogens (tertiary/aromatic N) is 1. The largest absolute Gasteiger partial charge is 0.478 e. The molecule has 1 aliphatic heterocycles. The second kappa shape index (κ2) is 5.54. The van der Waals surface area contributed by atoms with E-state index in [4.69, 9.17) is 11.6 Å². The van der Waals surface area contributed by atoms with Gasteiger partial charge in [-0.1, -0.05) is 43.5 Å². The molecule has 5 nitrogen and oxygen atoms in total. The molecule has 2 aliphatic carbocycles. The molecule has 0 aromatic heterocycles. The second-order valence-electron chi connectivity index (χ2n) is 6.49. The summed E-state index contributed by atoms with van der Waals surface area (Å²) in [5.74, 6) is -2.08. The maximum atomic E-state index is 12.9. The van der Waals surface area contributed by atoms with E-state index < -0.39 is 5.97 Å². The molecule has 6 atom stereocenters. The first-order valence-corrected chi connectivity index (χ1v) is 9.72. The van der Waals surface area contributed by atoms with E-state index in [-0.39, 0.29) is 61.4 Å². The number of carboxylic acid groups (broad SMARTS) is 1. The van der Waals surface area contributed by atoms with Gasteiger partial charge in [-0.2, -0.15) is 0 Å². The Morgan fingerprint density at radius 1 is 1.12 bits per heavy atom. The standard InChI is InChI=1S/C16H12Br2ClNO4/c17-12-7-4-8(13(12)18)11-10(7)14(21)20(15(11)22)5-1-2-9(19)6(3-5)16(23)24/h1-3,7-8,10-13H,4H2,(H,23,24)/t7-,8+,10+,11-,12-,13-/m1/s1. The summed E-state index contributed by atoms with van der Waals surface area (Å²) >= 11 is 13.2. The van der Waals surface area contributed by atoms with E-state index in [1.54, 1.807) is 0 Å². The smallest absolute Gasteiger partial charge is 0.337 e. The lowest BCUT2D eigenvalue weighted by atomic mass is 9.81. The molecular weight excluding hydrogens is 465 g/mol. The van der Waals surface area contributed by atoms with E-state index in [2.05, 4.69) is 31.9 Å². The van der Waals surface area contributed by atoms with Crippen molar-refractivity contribution in [3.63, 3.8) is 0 Å². The van der Waals surface area contributed by atoms with Crippen molar-refractivity contribution in [1.29, 1.82) is 0 Å². The number of hydrogen-bond donors (Lipinski definition) is 1. The number of carbonyl (C=O) groups excluding carboxylic acids is 2. The molecule has 2 saturated carbocycles. The highest BCUT2D eigenvalue weighted by atomic mass is 79.9. The van der Waals surface area contributed by atoms with Crippen LogP contribution in [-0.2, 0) is 9.59 Å². The summed E-state index contributed by atoms with van der Waals surface area (Å²) in [6, 6.07) is 4.22. The van der Waals surface area contributed by atoms with E-state index in [9.17, 15) is 19.5 Å². The average Bonchev–Trinajstić information content (AvgIpc) is 3.13. The Morgan fingerprint density at radius 3 is 2.17 bits per heavy atom. The first-order valence-electron chi connectivity index (χ1n) is 7.51. The van der Waals surface area contributed by atoms with Crippen molar-refractivity contribution in [1.82, 2.24) is 0 Å². The van der Waals surface area contributed by atoms with Gasteiger partial charge in [0.05, 0.1) is 28.1 Å². The van der Waals surface area contributed by atoms with E-state index in [1.807, 2.05) is 0 Å². The summed E-state index contributed by atoms with van der Waals surface area (Å²) in [6.45, 7) is 0. The number of rotatable bonds is 2. The van der Waals surface area contributed by atoms with E-state index in [0.717, 1.165) is 11.3 Å². The zero-order valence-electron chi connectivity index (χ0n) is 12.2. The van der Waals surface area contributed by atoms with Gasteiger partial charge in [-0.3, -0.25) is 14.5 Å². The summed E-state index contributed by atoms with van der Waals surface area (Å²) in [5, 5.41) is 9.28. The number of alkyl halides is 2. The molecule has 2 amide bonds. The van der Waals surface area contributed by atoms with Crippen LogP contribution < -0.4 is 4.90 Å². The van der Waals surface area contributed by atoms with Crippen molar-refractivity contribution in [3.8, 4) is 0 Å². The van der Waals surface area contributed by atoms with Gasteiger partial charge in [0.15, 0.2) is 0 Å². The van der Waals surface area contributed by atoms with Gasteiger partial charge in [-0.25, -0.2) is 4.79 Å². The molecule has 1 aromatic carbocycles. The van der Waals surface area contributed by atoms with Gasteiger partial charge in [0.2, 0.25) is 11.8 Å². The van der Waals surface area contributed by atoms with Crippen molar-refractivity contribution >= 4 is 66.9 Å². The van der Waals surface area contributed by atoms with E-state index in [1.165, 1.54) is 18.2 Å². The Balaban J connectivity index is 1.74. The van der Waals surface area contributed by atoms with Gasteiger partial charge in [-0.15, -0.1) is 0 Å². The molecule has 1 aromatic rings. The molecule has 0 unspecified atom stereocenters. The van der Waals surface area contributed by atoms with Crippen LogP contribution >= 0.6 is 43.5 Å². The minimum absolute atomic E-state index is 0.0756. The molecule has 126 valence electrons. The fourth-order valence-corrected chi connectivity index (χ4v) is 6.49. The number of anilines is 1. The Hall–Kier alpha value is -0.920. The van der Waals surface area contributed by atoms with E-state index in [0.29, 0.717) is 0 Å². The normalized spacial score (nSPS) is 37.2. The number of carbonyl (C=O) groups is 3. The first-order chi connectivity index (χ1) is 11.3. The third-order valence-electron chi connectivity index (χ3n) is 5.43. The van der Waals surface area contributed by atoms with Gasteiger partial charge >= 0.3 is 5.97 Å². The van der Waals surface area contributed by atoms with E-state index >= 15 is 0 Å². The minimum atomic E-state index is -1.19. The monoisotopic (exact) mass is 475 g/mol. The van der Waals surface area contributed by atoms with Crippen LogP contribution in [0.15, 0.2) is 18.2 Å². The first kappa shape index (κ1) is 16.5. The molecule has 4 rings (SSSR count). The SMILES string of the molecule is O=C(O)c1cc(N2C(=O)[C@@H]3[C@@H]4C[C@@H]([C@@H](Br)[C@@H]4Br)[C@@H]3C2=O)ccc1Cl. The third-order valence-corrected chi connectivity index (χ3v) is 8.96. The number of hydrogen-bond acceptors (Lipinski definition) is 3. The van der Waals surface area contributed by atoms with Crippen molar-refractivity contribution < 1.29 is 19.5 Å². The average molecular weight is 478 g/mol. The molecule has 1 N–H and O–H groups in total. The topological polar surface area (TPSA) is 74.7 Å². The molecule has 24 heavy (non-hydrogen) atoms. The number of amides is 2. The molecule has 3 aliphatic rings. The molecule has 3 fully saturated rings. The molecule has 0 spiro atoms. The molecule has 1 saturated heterocycles. The lowest BCUT2D eigenvalue weighted by Gasteiger charge is -2.28. The quantitative estimate of drug-likeness (QED) is 0.524. The van der Waals surface area contributed by atoms with Crippen molar-refractivity contribution in [2.75, 3.05) is 4.90 Å². The van der Waals surface area contributed by atoms with Gasteiger partial charge in [0.1, 0.15) is 0 Å². The van der Waals surface area contributed by atoms with Crippen LogP contribution in [0.3, 0.4) is 0 Å². The van der Waals surface area contributed by atoms with Crippen molar-refractivity contribution in [2.45, 2.75) is 16.1 Å². The summed E-state index contributed by atoms with van der Waals surface area (Å²) < 4.78 is 0. The van der Waals surface area contributed by atoms with Crippen LogP contribution in [0.1, 0.15) is 16.8 Å². The van der Waals surface area contributed by atoms with Crippen LogP contribution in [0.25, 0.3) is 0 Å². The summed E-state index contributed by atoms with van der Waals surface area (Å²) in [6.07, 6.45) is 0.855. The van der Waals surface area contributed by atoms with Gasteiger partial charge in [0, 0.05) is 9.65 Å². The molecule has 1 heterocycles. The summed E-state index contributed by atoms with van der Waals surface area (Å²) in [7, 11) is 0. The van der Waals surface area contributed by atoms with Crippen LogP contribution in [-0.4, -0.2) is 32.5 Å². The third kappa shape index (κ3) is 2.07. The number of carboxylic acids is 1. The highest BCUT2D eigenvalue weighted by molar-refractivity contribution is 9.12. The van der Waals surface area contributed by atoms with Crippen LogP contribution in [0.5, 0.6) is 0 Å². The second-order valence-corrected chi connectivity index (χ2v) is 9.01. The molecule has 2 bridgehead atoms. The maximum absolute atomic E-state index is 12.9. The van der Waals surface area contributed by atoms with Crippen molar-refractivity contribution in [2.24, 2.45) is 23.7 Å². The van der Waals surface area contributed by atoms with Gasteiger partial charge in [-0.05, 0) is 36.5 Å². The van der Waals surface area contributed by atoms with Crippen LogP contribution in [0.2, 0.25) is 5.02 Å². The lowest BCUT2D eigenvalue weighted by Crippen LogP contribution is -2.37. The molecule has 8 heteroatoms.